The quantitative estimate of drug-likeness (QED) is 0.732. The van der Waals surface area contributed by atoms with Gasteiger partial charge in [-0.3, -0.25) is 0 Å². The van der Waals surface area contributed by atoms with E-state index in [0.29, 0.717) is 0 Å². The standard InChI is InChI=1S/C14H12N2S/c1-10-4-6-11(7-5-10)17-13-9-16-14-12(13)3-2-8-15-14/h2-9H,1H3,(H,15,16). The second-order valence-electron chi connectivity index (χ2n) is 3.97. The van der Waals surface area contributed by atoms with Gasteiger partial charge in [-0.25, -0.2) is 4.98 Å². The first kappa shape index (κ1) is 10.4. The highest BCUT2D eigenvalue weighted by Crippen LogP contribution is 2.32. The summed E-state index contributed by atoms with van der Waals surface area (Å²) in [6.45, 7) is 2.10. The summed E-state index contributed by atoms with van der Waals surface area (Å²) in [5.41, 5.74) is 2.23. The number of nitrogens with zero attached hydrogens (tertiary/aromatic N) is 1. The molecular formula is C14H12N2S. The van der Waals surface area contributed by atoms with E-state index in [0.717, 1.165) is 5.65 Å². The van der Waals surface area contributed by atoms with Gasteiger partial charge in [-0.2, -0.15) is 0 Å². The third kappa shape index (κ3) is 2.06. The van der Waals surface area contributed by atoms with Crippen LogP contribution in [0.25, 0.3) is 11.0 Å². The third-order valence-corrected chi connectivity index (χ3v) is 3.73. The lowest BCUT2D eigenvalue weighted by molar-refractivity contribution is 1.32. The zero-order valence-electron chi connectivity index (χ0n) is 9.47. The summed E-state index contributed by atoms with van der Waals surface area (Å²) in [4.78, 5) is 9.95. The molecule has 2 heterocycles. The van der Waals surface area contributed by atoms with Gasteiger partial charge >= 0.3 is 0 Å². The van der Waals surface area contributed by atoms with E-state index in [1.54, 1.807) is 18.0 Å². The summed E-state index contributed by atoms with van der Waals surface area (Å²) < 4.78 is 0. The van der Waals surface area contributed by atoms with Crippen LogP contribution in [0.15, 0.2) is 58.6 Å². The van der Waals surface area contributed by atoms with Gasteiger partial charge in [-0.1, -0.05) is 29.5 Å². The maximum Gasteiger partial charge on any atom is 0.138 e. The summed E-state index contributed by atoms with van der Waals surface area (Å²) in [6.07, 6.45) is 3.82. The number of H-pyrrole nitrogens is 1. The van der Waals surface area contributed by atoms with Crippen molar-refractivity contribution in [3.8, 4) is 0 Å². The fraction of sp³-hybridized carbons (Fsp3) is 0.0714. The molecule has 3 aromatic rings. The monoisotopic (exact) mass is 240 g/mol. The summed E-state index contributed by atoms with van der Waals surface area (Å²) in [7, 11) is 0. The normalized spacial score (nSPS) is 10.9. The molecule has 0 unspecified atom stereocenters. The molecule has 0 amide bonds. The third-order valence-electron chi connectivity index (χ3n) is 2.66. The number of hydrogen-bond acceptors (Lipinski definition) is 2. The maximum absolute atomic E-state index is 4.29. The molecular weight excluding hydrogens is 228 g/mol. The molecule has 0 atom stereocenters. The minimum absolute atomic E-state index is 0.946. The molecule has 2 nitrogen and oxygen atoms in total. The first-order valence-corrected chi connectivity index (χ1v) is 6.31. The second-order valence-corrected chi connectivity index (χ2v) is 5.08. The molecule has 3 rings (SSSR count). The number of rotatable bonds is 2. The average molecular weight is 240 g/mol. The molecule has 0 saturated carbocycles. The van der Waals surface area contributed by atoms with Crippen molar-refractivity contribution >= 4 is 22.8 Å². The topological polar surface area (TPSA) is 28.7 Å². The predicted octanol–water partition coefficient (Wildman–Crippen LogP) is 4.02. The fourth-order valence-corrected chi connectivity index (χ4v) is 2.67. The van der Waals surface area contributed by atoms with Crippen molar-refractivity contribution in [3.05, 3.63) is 54.4 Å². The number of benzene rings is 1. The molecule has 0 bridgehead atoms. The number of nitrogens with one attached hydrogen (secondary N) is 1. The molecule has 1 N–H and O–H groups in total. The Balaban J connectivity index is 1.97. The highest BCUT2D eigenvalue weighted by molar-refractivity contribution is 7.99. The van der Waals surface area contributed by atoms with E-state index in [1.807, 2.05) is 12.3 Å². The summed E-state index contributed by atoms with van der Waals surface area (Å²) in [5.74, 6) is 0. The number of hydrogen-bond donors (Lipinski definition) is 1. The van der Waals surface area contributed by atoms with Crippen LogP contribution in [-0.2, 0) is 0 Å². The van der Waals surface area contributed by atoms with Crippen LogP contribution in [0.1, 0.15) is 5.56 Å². The zero-order valence-corrected chi connectivity index (χ0v) is 10.3. The molecule has 1 aromatic carbocycles. The number of pyridine rings is 1. The van der Waals surface area contributed by atoms with E-state index in [-0.39, 0.29) is 0 Å². The van der Waals surface area contributed by atoms with Crippen LogP contribution >= 0.6 is 11.8 Å². The maximum atomic E-state index is 4.29. The Hall–Kier alpha value is -1.74. The van der Waals surface area contributed by atoms with Gasteiger partial charge in [0, 0.05) is 27.6 Å². The van der Waals surface area contributed by atoms with E-state index in [1.165, 1.54) is 20.7 Å². The van der Waals surface area contributed by atoms with Crippen LogP contribution in [0.2, 0.25) is 0 Å². The van der Waals surface area contributed by atoms with Crippen molar-refractivity contribution in [2.45, 2.75) is 16.7 Å². The van der Waals surface area contributed by atoms with Gasteiger partial charge in [-0.15, -0.1) is 0 Å². The lowest BCUT2D eigenvalue weighted by atomic mass is 10.2. The SMILES string of the molecule is Cc1ccc(Sc2c[nH]c3ncccc23)cc1. The number of fused-ring (bicyclic) bond motifs is 1. The Morgan fingerprint density at radius 1 is 1.12 bits per heavy atom. The van der Waals surface area contributed by atoms with Crippen LogP contribution in [0.4, 0.5) is 0 Å². The van der Waals surface area contributed by atoms with Crippen LogP contribution in [-0.4, -0.2) is 9.97 Å². The van der Waals surface area contributed by atoms with Gasteiger partial charge in [0.2, 0.25) is 0 Å². The molecule has 2 aromatic heterocycles. The zero-order chi connectivity index (χ0) is 11.7. The van der Waals surface area contributed by atoms with E-state index in [2.05, 4.69) is 47.2 Å². The van der Waals surface area contributed by atoms with E-state index in [4.69, 9.17) is 0 Å². The molecule has 0 fully saturated rings. The van der Waals surface area contributed by atoms with Crippen LogP contribution in [0, 0.1) is 6.92 Å². The molecule has 84 valence electrons. The second kappa shape index (κ2) is 4.26. The van der Waals surface area contributed by atoms with Gasteiger partial charge in [0.25, 0.3) is 0 Å². The molecule has 0 radical (unpaired) electrons. The average Bonchev–Trinajstić information content (AvgIpc) is 2.76. The Morgan fingerprint density at radius 3 is 2.76 bits per heavy atom. The molecule has 3 heteroatoms. The highest BCUT2D eigenvalue weighted by Gasteiger charge is 2.05. The molecule has 0 aliphatic carbocycles. The van der Waals surface area contributed by atoms with Gasteiger partial charge in [0.15, 0.2) is 0 Å². The van der Waals surface area contributed by atoms with E-state index < -0.39 is 0 Å². The van der Waals surface area contributed by atoms with E-state index in [9.17, 15) is 0 Å². The molecule has 17 heavy (non-hydrogen) atoms. The first-order valence-electron chi connectivity index (χ1n) is 5.49. The largest absolute Gasteiger partial charge is 0.345 e. The summed E-state index contributed by atoms with van der Waals surface area (Å²) >= 11 is 1.76. The van der Waals surface area contributed by atoms with Crippen LogP contribution in [0.3, 0.4) is 0 Å². The molecule has 0 spiro atoms. The Kier molecular flexibility index (Phi) is 2.61. The number of aryl methyl sites for hydroxylation is 1. The number of aromatic nitrogens is 2. The van der Waals surface area contributed by atoms with Crippen molar-refractivity contribution in [3.63, 3.8) is 0 Å². The van der Waals surface area contributed by atoms with Crippen molar-refractivity contribution in [2.75, 3.05) is 0 Å². The molecule has 0 aliphatic rings. The van der Waals surface area contributed by atoms with Crippen molar-refractivity contribution in [1.82, 2.24) is 9.97 Å². The number of aromatic amines is 1. The lowest BCUT2D eigenvalue weighted by Gasteiger charge is -2.00. The van der Waals surface area contributed by atoms with Gasteiger partial charge in [-0.05, 0) is 31.2 Å². The minimum Gasteiger partial charge on any atom is -0.345 e. The van der Waals surface area contributed by atoms with Crippen molar-refractivity contribution < 1.29 is 0 Å². The van der Waals surface area contributed by atoms with Crippen molar-refractivity contribution in [2.24, 2.45) is 0 Å². The Morgan fingerprint density at radius 2 is 1.94 bits per heavy atom. The Bertz CT molecular complexity index is 641. The Labute approximate surface area is 104 Å². The lowest BCUT2D eigenvalue weighted by Crippen LogP contribution is -1.75. The molecule has 0 aliphatic heterocycles. The highest BCUT2D eigenvalue weighted by atomic mass is 32.2. The molecule has 0 saturated heterocycles. The fourth-order valence-electron chi connectivity index (χ4n) is 1.75. The predicted molar refractivity (Wildman–Crippen MR) is 71.4 cm³/mol. The summed E-state index contributed by atoms with van der Waals surface area (Å²) in [5, 5.41) is 1.18. The van der Waals surface area contributed by atoms with Gasteiger partial charge < -0.3 is 4.98 Å². The van der Waals surface area contributed by atoms with Crippen LogP contribution in [0.5, 0.6) is 0 Å². The minimum atomic E-state index is 0.946. The van der Waals surface area contributed by atoms with Gasteiger partial charge in [0.05, 0.1) is 0 Å². The van der Waals surface area contributed by atoms with Crippen LogP contribution < -0.4 is 0 Å². The van der Waals surface area contributed by atoms with Crippen molar-refractivity contribution in [1.29, 1.82) is 0 Å². The summed E-state index contributed by atoms with van der Waals surface area (Å²) in [6, 6.07) is 12.6. The van der Waals surface area contributed by atoms with E-state index >= 15 is 0 Å². The first-order chi connectivity index (χ1) is 8.33. The van der Waals surface area contributed by atoms with Gasteiger partial charge in [0.1, 0.15) is 5.65 Å². The smallest absolute Gasteiger partial charge is 0.138 e.